The molecule has 1 aromatic carbocycles. The first-order chi connectivity index (χ1) is 16.0. The van der Waals surface area contributed by atoms with Crippen LogP contribution in [0.4, 0.5) is 13.2 Å². The molecule has 5 aliphatic rings. The SMILES string of the molecule is O=C(CC12CC(c3cc(C4CC(OC(F)(F)F)C4)on3)(C1)C2)[C@H]1C[C@@H](O)c2cc(Cl)ccc2O1. The van der Waals surface area contributed by atoms with Gasteiger partial charge < -0.3 is 14.4 Å². The summed E-state index contributed by atoms with van der Waals surface area (Å²) in [6.45, 7) is 0. The number of carbonyl (C=O) groups is 1. The van der Waals surface area contributed by atoms with Gasteiger partial charge in [-0.05, 0) is 55.7 Å². The van der Waals surface area contributed by atoms with E-state index < -0.39 is 24.7 Å². The summed E-state index contributed by atoms with van der Waals surface area (Å²) in [6.07, 6.45) is -3.32. The molecule has 182 valence electrons. The average Bonchev–Trinajstić information content (AvgIpc) is 3.14. The Labute approximate surface area is 198 Å². The van der Waals surface area contributed by atoms with Gasteiger partial charge in [-0.3, -0.25) is 9.53 Å². The third kappa shape index (κ3) is 3.72. The van der Waals surface area contributed by atoms with Gasteiger partial charge in [-0.2, -0.15) is 0 Å². The largest absolute Gasteiger partial charge is 0.522 e. The Morgan fingerprint density at radius 3 is 2.65 bits per heavy atom. The highest BCUT2D eigenvalue weighted by molar-refractivity contribution is 6.30. The first kappa shape index (κ1) is 22.4. The van der Waals surface area contributed by atoms with E-state index in [1.165, 1.54) is 0 Å². The Morgan fingerprint density at radius 1 is 1.21 bits per heavy atom. The first-order valence-corrected chi connectivity index (χ1v) is 11.8. The van der Waals surface area contributed by atoms with Crippen molar-refractivity contribution in [2.24, 2.45) is 5.41 Å². The minimum Gasteiger partial charge on any atom is -0.482 e. The van der Waals surface area contributed by atoms with E-state index in [1.54, 1.807) is 18.2 Å². The van der Waals surface area contributed by atoms with Gasteiger partial charge in [0.2, 0.25) is 0 Å². The summed E-state index contributed by atoms with van der Waals surface area (Å²) < 4.78 is 52.3. The number of fused-ring (bicyclic) bond motifs is 1. The number of benzene rings is 1. The van der Waals surface area contributed by atoms with Gasteiger partial charge in [-0.15, -0.1) is 13.2 Å². The van der Waals surface area contributed by atoms with Crippen LogP contribution in [-0.4, -0.2) is 34.6 Å². The molecule has 7 rings (SSSR count). The van der Waals surface area contributed by atoms with Crippen LogP contribution in [-0.2, 0) is 14.9 Å². The van der Waals surface area contributed by atoms with Crippen LogP contribution < -0.4 is 4.74 Å². The van der Waals surface area contributed by atoms with E-state index in [2.05, 4.69) is 9.89 Å². The lowest BCUT2D eigenvalue weighted by atomic mass is 9.33. The van der Waals surface area contributed by atoms with Gasteiger partial charge in [0.05, 0.1) is 17.9 Å². The molecule has 4 aliphatic carbocycles. The minimum atomic E-state index is -4.61. The summed E-state index contributed by atoms with van der Waals surface area (Å²) in [5, 5.41) is 15.2. The summed E-state index contributed by atoms with van der Waals surface area (Å²) >= 11 is 5.99. The van der Waals surface area contributed by atoms with Crippen molar-refractivity contribution >= 4 is 17.4 Å². The molecule has 0 saturated heterocycles. The Kier molecular flexibility index (Phi) is 4.90. The molecule has 10 heteroatoms. The Hall–Kier alpha value is -2.10. The molecule has 2 atom stereocenters. The molecule has 1 aromatic heterocycles. The van der Waals surface area contributed by atoms with Crippen molar-refractivity contribution in [3.05, 3.63) is 46.3 Å². The number of rotatable bonds is 6. The fraction of sp³-hybridized carbons (Fsp3) is 0.583. The quantitative estimate of drug-likeness (QED) is 0.577. The maximum atomic E-state index is 13.0. The van der Waals surface area contributed by atoms with Crippen molar-refractivity contribution in [2.75, 3.05) is 0 Å². The topological polar surface area (TPSA) is 81.8 Å². The summed E-state index contributed by atoms with van der Waals surface area (Å²) in [7, 11) is 0. The van der Waals surface area contributed by atoms with Crippen LogP contribution in [0.15, 0.2) is 28.8 Å². The van der Waals surface area contributed by atoms with Crippen LogP contribution in [0.5, 0.6) is 5.75 Å². The molecule has 0 amide bonds. The van der Waals surface area contributed by atoms with Gasteiger partial charge in [0.1, 0.15) is 11.5 Å². The zero-order valence-electron chi connectivity index (χ0n) is 18.1. The van der Waals surface area contributed by atoms with Crippen LogP contribution in [0, 0.1) is 5.41 Å². The third-order valence-electron chi connectivity index (χ3n) is 7.96. The molecule has 1 N–H and O–H groups in total. The number of alkyl halides is 3. The summed E-state index contributed by atoms with van der Waals surface area (Å²) in [5.74, 6) is 0.975. The number of aliphatic hydroxyl groups excluding tert-OH is 1. The van der Waals surface area contributed by atoms with Crippen molar-refractivity contribution in [3.63, 3.8) is 0 Å². The predicted molar refractivity (Wildman–Crippen MR) is 112 cm³/mol. The van der Waals surface area contributed by atoms with Gasteiger partial charge in [0.25, 0.3) is 0 Å². The maximum absolute atomic E-state index is 13.0. The molecule has 0 radical (unpaired) electrons. The van der Waals surface area contributed by atoms with Gasteiger partial charge in [-0.1, -0.05) is 16.8 Å². The average molecular weight is 498 g/mol. The fourth-order valence-corrected chi connectivity index (χ4v) is 6.55. The summed E-state index contributed by atoms with van der Waals surface area (Å²) in [6, 6.07) is 6.87. The van der Waals surface area contributed by atoms with Crippen LogP contribution in [0.2, 0.25) is 5.02 Å². The number of ketones is 1. The molecule has 34 heavy (non-hydrogen) atoms. The molecule has 4 saturated carbocycles. The number of nitrogens with zero attached hydrogens (tertiary/aromatic N) is 1. The Morgan fingerprint density at radius 2 is 1.94 bits per heavy atom. The molecule has 1 aliphatic heterocycles. The van der Waals surface area contributed by atoms with Crippen molar-refractivity contribution in [1.82, 2.24) is 5.16 Å². The van der Waals surface area contributed by atoms with E-state index in [4.69, 9.17) is 20.9 Å². The number of halogens is 4. The number of Topliss-reactive ketones (excluding diaryl/α,β-unsaturated/α-hetero) is 1. The number of ether oxygens (including phenoxy) is 2. The van der Waals surface area contributed by atoms with Crippen molar-refractivity contribution in [3.8, 4) is 5.75 Å². The highest BCUT2D eigenvalue weighted by Gasteiger charge is 2.70. The number of carbonyl (C=O) groups excluding carboxylic acids is 1. The van der Waals surface area contributed by atoms with E-state index in [-0.39, 0.29) is 41.8 Å². The molecule has 0 spiro atoms. The Balaban J connectivity index is 1.03. The van der Waals surface area contributed by atoms with Gasteiger partial charge in [0.15, 0.2) is 11.9 Å². The van der Waals surface area contributed by atoms with E-state index in [9.17, 15) is 23.1 Å². The zero-order valence-corrected chi connectivity index (χ0v) is 18.9. The van der Waals surface area contributed by atoms with Crippen LogP contribution in [0.25, 0.3) is 0 Å². The second kappa shape index (κ2) is 7.45. The Bertz CT molecular complexity index is 1120. The second-order valence-corrected chi connectivity index (χ2v) is 10.9. The van der Waals surface area contributed by atoms with E-state index >= 15 is 0 Å². The van der Waals surface area contributed by atoms with Gasteiger partial charge in [-0.25, -0.2) is 0 Å². The fourth-order valence-electron chi connectivity index (χ4n) is 6.37. The predicted octanol–water partition coefficient (Wildman–Crippen LogP) is 5.38. The molecule has 0 unspecified atom stereocenters. The standard InChI is InChI=1S/C24H23ClF3NO5/c25-13-1-2-18-15(5-13)16(30)6-20(32-18)17(31)8-22-9-23(10-22,11-22)21-7-19(34-29-21)12-3-14(4-12)33-24(26,27)28/h1-2,5,7,12,14,16,20,30H,3-4,6,8-11H2/t12?,14?,16-,20-,22?,23?/m1/s1. The van der Waals surface area contributed by atoms with Gasteiger partial charge in [0, 0.05) is 40.8 Å². The molecular formula is C24H23ClF3NO5. The molecule has 2 heterocycles. The van der Waals surface area contributed by atoms with Crippen molar-refractivity contribution in [1.29, 1.82) is 0 Å². The van der Waals surface area contributed by atoms with Crippen LogP contribution >= 0.6 is 11.6 Å². The highest BCUT2D eigenvalue weighted by Crippen LogP contribution is 2.75. The maximum Gasteiger partial charge on any atom is 0.522 e. The summed E-state index contributed by atoms with van der Waals surface area (Å²) in [5.41, 5.74) is 1.24. The number of aliphatic hydroxyl groups is 1. The molecular weight excluding hydrogens is 475 g/mol. The van der Waals surface area contributed by atoms with Crippen molar-refractivity contribution < 1.29 is 37.1 Å². The normalized spacial score (nSPS) is 35.9. The lowest BCUT2D eigenvalue weighted by Gasteiger charge is -2.70. The summed E-state index contributed by atoms with van der Waals surface area (Å²) in [4.78, 5) is 13.0. The van der Waals surface area contributed by atoms with E-state index in [0.717, 1.165) is 25.0 Å². The molecule has 6 nitrogen and oxygen atoms in total. The molecule has 2 bridgehead atoms. The van der Waals surface area contributed by atoms with Gasteiger partial charge >= 0.3 is 6.36 Å². The van der Waals surface area contributed by atoms with Crippen molar-refractivity contribution in [2.45, 2.75) is 81.0 Å². The van der Waals surface area contributed by atoms with E-state index in [0.29, 0.717) is 28.5 Å². The third-order valence-corrected chi connectivity index (χ3v) is 8.19. The lowest BCUT2D eigenvalue weighted by molar-refractivity contribution is -0.352. The van der Waals surface area contributed by atoms with Crippen LogP contribution in [0.1, 0.15) is 74.0 Å². The number of aromatic nitrogens is 1. The monoisotopic (exact) mass is 497 g/mol. The zero-order chi connectivity index (χ0) is 23.9. The number of hydrogen-bond donors (Lipinski definition) is 1. The van der Waals surface area contributed by atoms with Crippen LogP contribution in [0.3, 0.4) is 0 Å². The first-order valence-electron chi connectivity index (χ1n) is 11.4. The van der Waals surface area contributed by atoms with E-state index in [1.807, 2.05) is 6.07 Å². The highest BCUT2D eigenvalue weighted by atomic mass is 35.5. The smallest absolute Gasteiger partial charge is 0.482 e. The molecule has 4 fully saturated rings. The lowest BCUT2D eigenvalue weighted by Crippen LogP contribution is -2.65. The molecule has 2 aromatic rings. The minimum absolute atomic E-state index is 0.0148. The second-order valence-electron chi connectivity index (χ2n) is 10.5. The number of hydrogen-bond acceptors (Lipinski definition) is 6.